The van der Waals surface area contributed by atoms with Crippen molar-refractivity contribution in [2.45, 2.75) is 6.42 Å². The number of hydrogen-bond acceptors (Lipinski definition) is 7. The van der Waals surface area contributed by atoms with Crippen LogP contribution in [-0.2, 0) is 6.42 Å². The Morgan fingerprint density at radius 1 is 1.33 bits per heavy atom. The highest BCUT2D eigenvalue weighted by Gasteiger charge is 2.14. The zero-order valence-corrected chi connectivity index (χ0v) is 12.3. The van der Waals surface area contributed by atoms with Crippen LogP contribution in [0, 0.1) is 0 Å². The lowest BCUT2D eigenvalue weighted by atomic mass is 10.2. The van der Waals surface area contributed by atoms with Gasteiger partial charge in [-0.2, -0.15) is 4.98 Å². The number of rotatable bonds is 5. The third kappa shape index (κ3) is 2.93. The molecule has 0 unspecified atom stereocenters. The lowest BCUT2D eigenvalue weighted by molar-refractivity contribution is 0.414. The van der Waals surface area contributed by atoms with E-state index in [1.165, 1.54) is 0 Å². The smallest absolute Gasteiger partial charge is 0.277 e. The number of nitrogens with zero attached hydrogens (tertiary/aromatic N) is 3. The van der Waals surface area contributed by atoms with E-state index in [1.807, 2.05) is 29.6 Å². The van der Waals surface area contributed by atoms with Crippen LogP contribution in [0.2, 0.25) is 0 Å². The Morgan fingerprint density at radius 2 is 2.24 bits per heavy atom. The van der Waals surface area contributed by atoms with E-state index >= 15 is 0 Å². The van der Waals surface area contributed by atoms with Crippen LogP contribution in [0.3, 0.4) is 0 Å². The van der Waals surface area contributed by atoms with Crippen LogP contribution in [0.1, 0.15) is 5.01 Å². The number of nitrogens with two attached hydrogens (primary N) is 1. The fourth-order valence-electron chi connectivity index (χ4n) is 1.85. The minimum atomic E-state index is 0.410. The topological polar surface area (TPSA) is 87.1 Å². The van der Waals surface area contributed by atoms with Crippen molar-refractivity contribution in [3.63, 3.8) is 0 Å². The SMILES string of the molecule is COc1cccc(-c2noc(-c3csc(CCN)n3)n2)c1. The van der Waals surface area contributed by atoms with Crippen molar-refractivity contribution in [3.05, 3.63) is 34.7 Å². The fourth-order valence-corrected chi connectivity index (χ4v) is 2.64. The Labute approximate surface area is 125 Å². The van der Waals surface area contributed by atoms with Gasteiger partial charge in [-0.1, -0.05) is 17.3 Å². The predicted octanol–water partition coefficient (Wildman–Crippen LogP) is 2.37. The van der Waals surface area contributed by atoms with E-state index in [-0.39, 0.29) is 0 Å². The van der Waals surface area contributed by atoms with E-state index in [0.717, 1.165) is 22.7 Å². The van der Waals surface area contributed by atoms with Gasteiger partial charge in [-0.3, -0.25) is 0 Å². The summed E-state index contributed by atoms with van der Waals surface area (Å²) < 4.78 is 10.5. The molecule has 0 atom stereocenters. The molecule has 2 N–H and O–H groups in total. The van der Waals surface area contributed by atoms with Crippen LogP contribution < -0.4 is 10.5 Å². The highest BCUT2D eigenvalue weighted by molar-refractivity contribution is 7.09. The highest BCUT2D eigenvalue weighted by atomic mass is 32.1. The first-order chi connectivity index (χ1) is 10.3. The molecule has 0 aliphatic rings. The second-order valence-electron chi connectivity index (χ2n) is 4.32. The molecule has 7 heteroatoms. The van der Waals surface area contributed by atoms with Crippen molar-refractivity contribution in [3.8, 4) is 28.7 Å². The molecule has 2 aromatic heterocycles. The average molecular weight is 302 g/mol. The molecule has 6 nitrogen and oxygen atoms in total. The summed E-state index contributed by atoms with van der Waals surface area (Å²) >= 11 is 1.54. The maximum atomic E-state index is 5.52. The molecule has 0 fully saturated rings. The first-order valence-electron chi connectivity index (χ1n) is 6.43. The molecule has 2 heterocycles. The van der Waals surface area contributed by atoms with Gasteiger partial charge < -0.3 is 15.0 Å². The van der Waals surface area contributed by atoms with Crippen molar-refractivity contribution in [2.24, 2.45) is 5.73 Å². The third-order valence-electron chi connectivity index (χ3n) is 2.88. The van der Waals surface area contributed by atoms with Gasteiger partial charge in [-0.25, -0.2) is 4.98 Å². The Bertz CT molecular complexity index is 738. The van der Waals surface area contributed by atoms with Crippen LogP contribution >= 0.6 is 11.3 Å². The van der Waals surface area contributed by atoms with E-state index in [1.54, 1.807) is 18.4 Å². The molecule has 0 radical (unpaired) electrons. The molecule has 0 saturated carbocycles. The second-order valence-corrected chi connectivity index (χ2v) is 5.26. The van der Waals surface area contributed by atoms with Gasteiger partial charge in [0, 0.05) is 17.4 Å². The van der Waals surface area contributed by atoms with Gasteiger partial charge in [0.15, 0.2) is 0 Å². The summed E-state index contributed by atoms with van der Waals surface area (Å²) in [6, 6.07) is 7.50. The predicted molar refractivity (Wildman–Crippen MR) is 80.2 cm³/mol. The van der Waals surface area contributed by atoms with Crippen molar-refractivity contribution >= 4 is 11.3 Å². The Kier molecular flexibility index (Phi) is 3.94. The van der Waals surface area contributed by atoms with Crippen LogP contribution in [0.15, 0.2) is 34.2 Å². The summed E-state index contributed by atoms with van der Waals surface area (Å²) in [5, 5.41) is 6.85. The molecule has 3 aromatic rings. The summed E-state index contributed by atoms with van der Waals surface area (Å²) in [5.74, 6) is 1.67. The Balaban J connectivity index is 1.88. The van der Waals surface area contributed by atoms with E-state index in [0.29, 0.717) is 24.0 Å². The molecule has 1 aromatic carbocycles. The number of ether oxygens (including phenoxy) is 1. The minimum Gasteiger partial charge on any atom is -0.497 e. The zero-order chi connectivity index (χ0) is 14.7. The van der Waals surface area contributed by atoms with Gasteiger partial charge in [0.1, 0.15) is 11.4 Å². The summed E-state index contributed by atoms with van der Waals surface area (Å²) in [6.45, 7) is 0.575. The summed E-state index contributed by atoms with van der Waals surface area (Å²) in [7, 11) is 1.62. The molecule has 3 rings (SSSR count). The molecule has 0 aliphatic heterocycles. The van der Waals surface area contributed by atoms with Crippen LogP contribution in [0.4, 0.5) is 0 Å². The van der Waals surface area contributed by atoms with Crippen LogP contribution in [0.25, 0.3) is 23.0 Å². The monoisotopic (exact) mass is 302 g/mol. The van der Waals surface area contributed by atoms with Gasteiger partial charge in [-0.05, 0) is 18.7 Å². The summed E-state index contributed by atoms with van der Waals surface area (Å²) in [6.07, 6.45) is 0.752. The maximum absolute atomic E-state index is 5.52. The van der Waals surface area contributed by atoms with Crippen molar-refractivity contribution in [1.82, 2.24) is 15.1 Å². The highest BCUT2D eigenvalue weighted by Crippen LogP contribution is 2.25. The third-order valence-corrected chi connectivity index (χ3v) is 3.79. The first-order valence-corrected chi connectivity index (χ1v) is 7.31. The van der Waals surface area contributed by atoms with Crippen LogP contribution in [-0.4, -0.2) is 28.8 Å². The molecule has 0 saturated heterocycles. The molecule has 0 aliphatic carbocycles. The quantitative estimate of drug-likeness (QED) is 0.778. The number of hydrogen-bond donors (Lipinski definition) is 1. The minimum absolute atomic E-state index is 0.410. The van der Waals surface area contributed by atoms with Crippen molar-refractivity contribution in [1.29, 1.82) is 0 Å². The zero-order valence-electron chi connectivity index (χ0n) is 11.4. The lowest BCUT2D eigenvalue weighted by Gasteiger charge is -1.99. The van der Waals surface area contributed by atoms with E-state index in [2.05, 4.69) is 15.1 Å². The molecular formula is C14H14N4O2S. The maximum Gasteiger partial charge on any atom is 0.277 e. The normalized spacial score (nSPS) is 10.8. The Hall–Kier alpha value is -2.25. The summed E-state index contributed by atoms with van der Waals surface area (Å²) in [4.78, 5) is 8.81. The van der Waals surface area contributed by atoms with Crippen LogP contribution in [0.5, 0.6) is 5.75 Å². The van der Waals surface area contributed by atoms with E-state index < -0.39 is 0 Å². The van der Waals surface area contributed by atoms with Gasteiger partial charge in [-0.15, -0.1) is 11.3 Å². The fraction of sp³-hybridized carbons (Fsp3) is 0.214. The van der Waals surface area contributed by atoms with Gasteiger partial charge in [0.2, 0.25) is 5.82 Å². The van der Waals surface area contributed by atoms with Gasteiger partial charge in [0.05, 0.1) is 12.1 Å². The average Bonchev–Trinajstić information content (AvgIpc) is 3.16. The van der Waals surface area contributed by atoms with E-state index in [9.17, 15) is 0 Å². The number of aromatic nitrogens is 3. The number of benzene rings is 1. The summed E-state index contributed by atoms with van der Waals surface area (Å²) in [5.41, 5.74) is 7.04. The standard InChI is InChI=1S/C14H14N4O2S/c1-19-10-4-2-3-9(7-10)13-17-14(20-18-13)11-8-21-12(16-11)5-6-15/h2-4,7-8H,5-6,15H2,1H3. The largest absolute Gasteiger partial charge is 0.497 e. The molecule has 108 valence electrons. The molecular weight excluding hydrogens is 288 g/mol. The molecule has 0 amide bonds. The van der Waals surface area contributed by atoms with Crippen molar-refractivity contribution in [2.75, 3.05) is 13.7 Å². The first kappa shape index (κ1) is 13.7. The Morgan fingerprint density at radius 3 is 3.05 bits per heavy atom. The number of methoxy groups -OCH3 is 1. The molecule has 0 spiro atoms. The molecule has 21 heavy (non-hydrogen) atoms. The lowest BCUT2D eigenvalue weighted by Crippen LogP contribution is -2.01. The number of thiazole rings is 1. The van der Waals surface area contributed by atoms with Crippen molar-refractivity contribution < 1.29 is 9.26 Å². The molecule has 0 bridgehead atoms. The van der Waals surface area contributed by atoms with Gasteiger partial charge in [0.25, 0.3) is 5.89 Å². The second kappa shape index (κ2) is 6.02. The van der Waals surface area contributed by atoms with Gasteiger partial charge >= 0.3 is 0 Å². The van der Waals surface area contributed by atoms with E-state index in [4.69, 9.17) is 15.0 Å².